The molecule has 0 aliphatic carbocycles. The van der Waals surface area contributed by atoms with Crippen molar-refractivity contribution in [1.29, 1.82) is 0 Å². The quantitative estimate of drug-likeness (QED) is 0.143. The molecule has 0 spiro atoms. The summed E-state index contributed by atoms with van der Waals surface area (Å²) in [5.74, 6) is -1.73. The maximum Gasteiger partial charge on any atom is 0.326 e. The molecule has 1 aromatic rings. The predicted molar refractivity (Wildman–Crippen MR) is 143 cm³/mol. The highest BCUT2D eigenvalue weighted by Crippen LogP contribution is 2.12. The highest BCUT2D eigenvalue weighted by molar-refractivity contribution is 7.98. The number of nitrogens with one attached hydrogen (secondary N) is 3. The van der Waals surface area contributed by atoms with Gasteiger partial charge in [-0.25, -0.2) is 4.79 Å². The van der Waals surface area contributed by atoms with Crippen LogP contribution >= 0.6 is 36.2 Å². The van der Waals surface area contributed by atoms with Crippen molar-refractivity contribution >= 4 is 59.8 Å². The van der Waals surface area contributed by atoms with Crippen LogP contribution in [0, 0.1) is 0 Å². The van der Waals surface area contributed by atoms with E-state index in [1.165, 1.54) is 23.9 Å². The Labute approximate surface area is 219 Å². The van der Waals surface area contributed by atoms with Gasteiger partial charge < -0.3 is 31.9 Å². The molecular formula is C22H34N4O6S3. The standard InChI is InChI=1S/C22H34N4O6S3/c1-34-9-7-15(23)19(28)26-18(12-33)21(30)24-16(8-10-35-2)20(29)25-17(22(31)32)11-13-3-5-14(27)6-4-13/h3-6,15-18,27,33H,7-12,23H2,1-2H3,(H,24,30)(H,25,29)(H,26,28)(H,31,32). The Bertz CT molecular complexity index is 843. The van der Waals surface area contributed by atoms with Crippen LogP contribution in [0.5, 0.6) is 5.75 Å². The number of carboxylic acid groups (broad SMARTS) is 1. The topological polar surface area (TPSA) is 171 Å². The maximum atomic E-state index is 12.9. The van der Waals surface area contributed by atoms with E-state index >= 15 is 0 Å². The van der Waals surface area contributed by atoms with Crippen molar-refractivity contribution in [2.75, 3.05) is 29.8 Å². The first kappa shape index (κ1) is 30.9. The fraction of sp³-hybridized carbons (Fsp3) is 0.545. The molecule has 0 aliphatic heterocycles. The van der Waals surface area contributed by atoms with Crippen LogP contribution in [0.25, 0.3) is 0 Å². The number of phenolic OH excluding ortho intramolecular Hbond substituents is 1. The zero-order chi connectivity index (χ0) is 26.4. The molecule has 0 aliphatic rings. The summed E-state index contributed by atoms with van der Waals surface area (Å²) in [6, 6.07) is 1.94. The van der Waals surface area contributed by atoms with Crippen LogP contribution in [0.3, 0.4) is 0 Å². The molecule has 0 saturated heterocycles. The number of phenols is 1. The van der Waals surface area contributed by atoms with Crippen molar-refractivity contribution in [3.63, 3.8) is 0 Å². The third-order valence-electron chi connectivity index (χ3n) is 5.02. The Morgan fingerprint density at radius 2 is 1.40 bits per heavy atom. The number of amides is 3. The molecule has 0 bridgehead atoms. The molecule has 0 fully saturated rings. The van der Waals surface area contributed by atoms with Gasteiger partial charge in [-0.2, -0.15) is 36.2 Å². The van der Waals surface area contributed by atoms with E-state index in [2.05, 4.69) is 28.6 Å². The molecule has 1 rings (SSSR count). The number of thioether (sulfide) groups is 2. The lowest BCUT2D eigenvalue weighted by Crippen LogP contribution is -2.58. The van der Waals surface area contributed by atoms with Crippen molar-refractivity contribution < 1.29 is 29.4 Å². The average molecular weight is 547 g/mol. The Kier molecular flexibility index (Phi) is 14.6. The summed E-state index contributed by atoms with van der Waals surface area (Å²) in [7, 11) is 0. The minimum absolute atomic E-state index is 0.00615. The highest BCUT2D eigenvalue weighted by atomic mass is 32.2. The fourth-order valence-corrected chi connectivity index (χ4v) is 4.18. The van der Waals surface area contributed by atoms with Crippen molar-refractivity contribution in [3.05, 3.63) is 29.8 Å². The molecule has 0 aromatic heterocycles. The number of benzene rings is 1. The fourth-order valence-electron chi connectivity index (χ4n) is 2.97. The van der Waals surface area contributed by atoms with Gasteiger partial charge in [0.1, 0.15) is 23.9 Å². The van der Waals surface area contributed by atoms with Gasteiger partial charge in [0.25, 0.3) is 0 Å². The van der Waals surface area contributed by atoms with Crippen LogP contribution in [0.2, 0.25) is 0 Å². The Morgan fingerprint density at radius 1 is 0.886 bits per heavy atom. The zero-order valence-electron chi connectivity index (χ0n) is 19.7. The van der Waals surface area contributed by atoms with Gasteiger partial charge in [0.05, 0.1) is 6.04 Å². The van der Waals surface area contributed by atoms with Gasteiger partial charge in [-0.3, -0.25) is 14.4 Å². The summed E-state index contributed by atoms with van der Waals surface area (Å²) < 4.78 is 0. The maximum absolute atomic E-state index is 12.9. The molecule has 3 amide bonds. The van der Waals surface area contributed by atoms with Crippen molar-refractivity contribution in [3.8, 4) is 5.75 Å². The largest absolute Gasteiger partial charge is 0.508 e. The second-order valence-electron chi connectivity index (χ2n) is 7.74. The van der Waals surface area contributed by atoms with E-state index < -0.39 is 47.9 Å². The molecule has 4 unspecified atom stereocenters. The predicted octanol–water partition coefficient (Wildman–Crippen LogP) is 0.237. The molecule has 1 aromatic carbocycles. The number of aliphatic carboxylic acids is 1. The molecular weight excluding hydrogens is 512 g/mol. The van der Waals surface area contributed by atoms with E-state index in [1.54, 1.807) is 23.9 Å². The summed E-state index contributed by atoms with van der Waals surface area (Å²) in [5, 5.41) is 26.6. The molecule has 35 heavy (non-hydrogen) atoms. The lowest BCUT2D eigenvalue weighted by Gasteiger charge is -2.24. The van der Waals surface area contributed by atoms with E-state index in [-0.39, 0.29) is 24.3 Å². The van der Waals surface area contributed by atoms with Crippen molar-refractivity contribution in [2.24, 2.45) is 5.73 Å². The van der Waals surface area contributed by atoms with Crippen LogP contribution in [0.1, 0.15) is 18.4 Å². The van der Waals surface area contributed by atoms with E-state index in [9.17, 15) is 29.4 Å². The molecule has 7 N–H and O–H groups in total. The molecule has 10 nitrogen and oxygen atoms in total. The number of carbonyl (C=O) groups is 4. The number of hydrogen-bond donors (Lipinski definition) is 7. The van der Waals surface area contributed by atoms with Gasteiger partial charge in [-0.05, 0) is 54.6 Å². The SMILES string of the molecule is CSCCC(N)C(=O)NC(CS)C(=O)NC(CCSC)C(=O)NC(Cc1ccc(O)cc1)C(=O)O. The molecule has 13 heteroatoms. The van der Waals surface area contributed by atoms with Gasteiger partial charge in [-0.1, -0.05) is 12.1 Å². The van der Waals surface area contributed by atoms with Gasteiger partial charge in [0.2, 0.25) is 17.7 Å². The summed E-state index contributed by atoms with van der Waals surface area (Å²) >= 11 is 7.15. The summed E-state index contributed by atoms with van der Waals surface area (Å²) in [4.78, 5) is 49.8. The van der Waals surface area contributed by atoms with Gasteiger partial charge in [-0.15, -0.1) is 0 Å². The van der Waals surface area contributed by atoms with E-state index in [4.69, 9.17) is 5.73 Å². The second-order valence-corrected chi connectivity index (χ2v) is 10.1. The normalized spacial score (nSPS) is 14.3. The third-order valence-corrected chi connectivity index (χ3v) is 6.67. The minimum atomic E-state index is -1.24. The Balaban J connectivity index is 2.87. The average Bonchev–Trinajstić information content (AvgIpc) is 2.83. The number of hydrogen-bond acceptors (Lipinski definition) is 9. The number of carboxylic acids is 1. The Hall–Kier alpha value is -2.09. The first-order valence-corrected chi connectivity index (χ1v) is 14.3. The molecule has 0 heterocycles. The highest BCUT2D eigenvalue weighted by Gasteiger charge is 2.29. The van der Waals surface area contributed by atoms with Gasteiger partial charge in [0.15, 0.2) is 0 Å². The van der Waals surface area contributed by atoms with E-state index in [1.807, 2.05) is 12.5 Å². The first-order chi connectivity index (χ1) is 16.6. The molecule has 196 valence electrons. The monoisotopic (exact) mass is 546 g/mol. The third kappa shape index (κ3) is 11.5. The van der Waals surface area contributed by atoms with Crippen LogP contribution in [-0.2, 0) is 25.6 Å². The lowest BCUT2D eigenvalue weighted by atomic mass is 10.0. The van der Waals surface area contributed by atoms with Crippen molar-refractivity contribution in [1.82, 2.24) is 16.0 Å². The summed E-state index contributed by atoms with van der Waals surface area (Å²) in [5.41, 5.74) is 6.47. The Morgan fingerprint density at radius 3 is 1.94 bits per heavy atom. The zero-order valence-corrected chi connectivity index (χ0v) is 22.3. The number of nitrogens with two attached hydrogens (primary N) is 1. The van der Waals surface area contributed by atoms with Gasteiger partial charge >= 0.3 is 5.97 Å². The van der Waals surface area contributed by atoms with E-state index in [0.29, 0.717) is 23.5 Å². The molecule has 0 radical (unpaired) electrons. The number of carbonyl (C=O) groups excluding carboxylic acids is 3. The molecule has 0 saturated carbocycles. The van der Waals surface area contributed by atoms with Crippen LogP contribution in [-0.4, -0.2) is 87.8 Å². The second kappa shape index (κ2) is 16.6. The first-order valence-electron chi connectivity index (χ1n) is 10.9. The van der Waals surface area contributed by atoms with Gasteiger partial charge in [0, 0.05) is 12.2 Å². The minimum Gasteiger partial charge on any atom is -0.508 e. The number of thiol groups is 1. The lowest BCUT2D eigenvalue weighted by molar-refractivity contribution is -0.142. The summed E-state index contributed by atoms with van der Waals surface area (Å²) in [6.07, 6.45) is 4.44. The van der Waals surface area contributed by atoms with Crippen LogP contribution < -0.4 is 21.7 Å². The molecule has 4 atom stereocenters. The van der Waals surface area contributed by atoms with Crippen LogP contribution in [0.15, 0.2) is 24.3 Å². The van der Waals surface area contributed by atoms with E-state index in [0.717, 1.165) is 0 Å². The smallest absolute Gasteiger partial charge is 0.326 e. The van der Waals surface area contributed by atoms with Crippen molar-refractivity contribution in [2.45, 2.75) is 43.4 Å². The summed E-state index contributed by atoms with van der Waals surface area (Å²) in [6.45, 7) is 0. The number of aromatic hydroxyl groups is 1. The number of rotatable bonds is 16. The van der Waals surface area contributed by atoms with Crippen LogP contribution in [0.4, 0.5) is 0 Å².